The number of fused-ring (bicyclic) bond motifs is 1. The van der Waals surface area contributed by atoms with Crippen LogP contribution in [0.15, 0.2) is 82.8 Å². The fourth-order valence-electron chi connectivity index (χ4n) is 3.35. The van der Waals surface area contributed by atoms with Crippen LogP contribution in [0.3, 0.4) is 0 Å². The highest BCUT2D eigenvalue weighted by atomic mass is 32.2. The van der Waals surface area contributed by atoms with Crippen LogP contribution in [-0.2, 0) is 11.3 Å². The Balaban J connectivity index is 1.44. The van der Waals surface area contributed by atoms with E-state index in [-0.39, 0.29) is 11.7 Å². The van der Waals surface area contributed by atoms with Gasteiger partial charge in [-0.2, -0.15) is 0 Å². The molecule has 0 saturated carbocycles. The molecule has 0 aromatic heterocycles. The number of amides is 1. The first-order chi connectivity index (χ1) is 16.1. The van der Waals surface area contributed by atoms with Gasteiger partial charge < -0.3 is 14.8 Å². The zero-order chi connectivity index (χ0) is 23.0. The van der Waals surface area contributed by atoms with Crippen LogP contribution in [-0.4, -0.2) is 36.6 Å². The van der Waals surface area contributed by atoms with Crippen LogP contribution in [0.2, 0.25) is 0 Å². The average molecular weight is 460 g/mol. The topological polar surface area (TPSA) is 72.3 Å². The van der Waals surface area contributed by atoms with Gasteiger partial charge in [0.25, 0.3) is 0 Å². The number of benzene rings is 3. The minimum atomic E-state index is -0.0454. The quantitative estimate of drug-likeness (QED) is 0.520. The van der Waals surface area contributed by atoms with E-state index in [9.17, 15) is 4.79 Å². The number of hydrogen-bond donors (Lipinski definition) is 1. The van der Waals surface area contributed by atoms with Crippen molar-refractivity contribution in [3.05, 3.63) is 83.9 Å². The van der Waals surface area contributed by atoms with E-state index in [1.165, 1.54) is 11.8 Å². The van der Waals surface area contributed by atoms with E-state index in [4.69, 9.17) is 19.5 Å². The maximum atomic E-state index is 12.5. The van der Waals surface area contributed by atoms with E-state index in [0.29, 0.717) is 13.0 Å². The molecule has 0 unspecified atom stereocenters. The predicted octanol–water partition coefficient (Wildman–Crippen LogP) is 5.31. The first-order valence-electron chi connectivity index (χ1n) is 10.6. The number of carbonyl (C=O) groups excluding carboxylic acids is 1. The highest BCUT2D eigenvalue weighted by Gasteiger charge is 2.17. The van der Waals surface area contributed by atoms with Crippen molar-refractivity contribution in [3.63, 3.8) is 0 Å². The Hall–Kier alpha value is -3.58. The van der Waals surface area contributed by atoms with E-state index in [0.717, 1.165) is 44.8 Å². The zero-order valence-electron chi connectivity index (χ0n) is 18.6. The Bertz CT molecular complexity index is 1190. The summed E-state index contributed by atoms with van der Waals surface area (Å²) in [7, 11) is 3.28. The van der Waals surface area contributed by atoms with Crippen molar-refractivity contribution in [1.82, 2.24) is 5.32 Å². The number of thioether (sulfide) groups is 1. The molecule has 0 atom stereocenters. The number of carbonyl (C=O) groups is 1. The molecule has 0 fully saturated rings. The van der Waals surface area contributed by atoms with Crippen LogP contribution >= 0.6 is 11.8 Å². The van der Waals surface area contributed by atoms with E-state index in [1.807, 2.05) is 72.8 Å². The summed E-state index contributed by atoms with van der Waals surface area (Å²) in [6.45, 7) is 0.467. The number of para-hydroxylation sites is 2. The van der Waals surface area contributed by atoms with Gasteiger partial charge in [0.15, 0.2) is 0 Å². The van der Waals surface area contributed by atoms with Gasteiger partial charge in [0.05, 0.1) is 42.1 Å². The first kappa shape index (κ1) is 22.6. The molecule has 6 nitrogen and oxygen atoms in total. The largest absolute Gasteiger partial charge is 0.497 e. The third kappa shape index (κ3) is 6.02. The standard InChI is InChI=1S/C26H25N3O3S/c1-31-20-12-10-18(11-13-20)16-27-25(30)17-33-26-15-24(19-6-5-7-21(14-19)32-2)28-22-8-3-4-9-23(22)29-26/h3-14H,15-17H2,1-2H3,(H,27,30). The van der Waals surface area contributed by atoms with Crippen LogP contribution in [0.4, 0.5) is 11.4 Å². The van der Waals surface area contributed by atoms with Crippen LogP contribution in [0.1, 0.15) is 17.5 Å². The van der Waals surface area contributed by atoms with E-state index < -0.39 is 0 Å². The van der Waals surface area contributed by atoms with E-state index in [1.54, 1.807) is 14.2 Å². The molecule has 7 heteroatoms. The lowest BCUT2D eigenvalue weighted by Gasteiger charge is -2.09. The number of hydrogen-bond acceptors (Lipinski definition) is 6. The van der Waals surface area contributed by atoms with Crippen LogP contribution in [0.5, 0.6) is 11.5 Å². The van der Waals surface area contributed by atoms with Crippen molar-refractivity contribution in [2.45, 2.75) is 13.0 Å². The third-order valence-corrected chi connectivity index (χ3v) is 6.10. The molecule has 0 spiro atoms. The molecule has 3 aromatic carbocycles. The second kappa shape index (κ2) is 10.8. The van der Waals surface area contributed by atoms with Gasteiger partial charge in [-0.25, -0.2) is 4.99 Å². The van der Waals surface area contributed by atoms with Crippen molar-refractivity contribution in [2.24, 2.45) is 9.98 Å². The fourth-order valence-corrected chi connectivity index (χ4v) is 4.15. The third-order valence-electron chi connectivity index (χ3n) is 5.12. The molecule has 1 aliphatic rings. The molecule has 1 heterocycles. The van der Waals surface area contributed by atoms with Gasteiger partial charge in [0.1, 0.15) is 11.5 Å². The normalized spacial score (nSPS) is 12.7. The molecule has 4 rings (SSSR count). The summed E-state index contributed by atoms with van der Waals surface area (Å²) < 4.78 is 10.5. The molecular formula is C26H25N3O3S. The lowest BCUT2D eigenvalue weighted by Crippen LogP contribution is -2.25. The number of aliphatic imine (C=N–C) groups is 2. The second-order valence-electron chi connectivity index (χ2n) is 7.37. The highest BCUT2D eigenvalue weighted by molar-refractivity contribution is 8.14. The van der Waals surface area contributed by atoms with Crippen molar-refractivity contribution in [2.75, 3.05) is 20.0 Å². The number of ether oxygens (including phenoxy) is 2. The predicted molar refractivity (Wildman–Crippen MR) is 135 cm³/mol. The second-order valence-corrected chi connectivity index (χ2v) is 8.42. The van der Waals surface area contributed by atoms with Gasteiger partial charge in [-0.15, -0.1) is 11.8 Å². The summed E-state index contributed by atoms with van der Waals surface area (Å²) in [6, 6.07) is 23.3. The van der Waals surface area contributed by atoms with Gasteiger partial charge in [-0.3, -0.25) is 9.79 Å². The molecule has 1 N–H and O–H groups in total. The molecule has 0 radical (unpaired) electrons. The molecule has 33 heavy (non-hydrogen) atoms. The van der Waals surface area contributed by atoms with Crippen LogP contribution < -0.4 is 14.8 Å². The smallest absolute Gasteiger partial charge is 0.230 e. The monoisotopic (exact) mass is 459 g/mol. The Kier molecular flexibility index (Phi) is 7.42. The molecular weight excluding hydrogens is 434 g/mol. The summed E-state index contributed by atoms with van der Waals surface area (Å²) in [5.41, 5.74) is 4.50. The highest BCUT2D eigenvalue weighted by Crippen LogP contribution is 2.33. The lowest BCUT2D eigenvalue weighted by molar-refractivity contribution is -0.118. The van der Waals surface area contributed by atoms with Crippen molar-refractivity contribution in [3.8, 4) is 11.5 Å². The Morgan fingerprint density at radius 2 is 1.64 bits per heavy atom. The number of methoxy groups -OCH3 is 2. The minimum absolute atomic E-state index is 0.0454. The summed E-state index contributed by atoms with van der Waals surface area (Å²) >= 11 is 1.44. The van der Waals surface area contributed by atoms with E-state index in [2.05, 4.69) is 5.32 Å². The van der Waals surface area contributed by atoms with E-state index >= 15 is 0 Å². The van der Waals surface area contributed by atoms with Gasteiger partial charge in [0.2, 0.25) is 5.91 Å². The van der Waals surface area contributed by atoms with Crippen molar-refractivity contribution in [1.29, 1.82) is 0 Å². The molecule has 0 aliphatic carbocycles. The SMILES string of the molecule is COc1ccc(CNC(=O)CSC2=Nc3ccccc3N=C(c3cccc(OC)c3)C2)cc1. The number of rotatable bonds is 7. The summed E-state index contributed by atoms with van der Waals surface area (Å²) in [5.74, 6) is 1.80. The number of nitrogens with one attached hydrogen (secondary N) is 1. The lowest BCUT2D eigenvalue weighted by atomic mass is 10.1. The summed E-state index contributed by atoms with van der Waals surface area (Å²) in [6.07, 6.45) is 0.540. The molecule has 0 saturated heterocycles. The van der Waals surface area contributed by atoms with Gasteiger partial charge >= 0.3 is 0 Å². The number of nitrogens with zero attached hydrogens (tertiary/aromatic N) is 2. The Morgan fingerprint density at radius 3 is 2.36 bits per heavy atom. The van der Waals surface area contributed by atoms with Gasteiger partial charge in [0, 0.05) is 18.5 Å². The Labute approximate surface area is 197 Å². The van der Waals surface area contributed by atoms with Gasteiger partial charge in [-0.05, 0) is 42.0 Å². The molecule has 168 valence electrons. The summed E-state index contributed by atoms with van der Waals surface area (Å²) in [4.78, 5) is 22.2. The molecule has 3 aromatic rings. The van der Waals surface area contributed by atoms with Crippen LogP contribution in [0, 0.1) is 0 Å². The average Bonchev–Trinajstić information content (AvgIpc) is 3.06. The first-order valence-corrected chi connectivity index (χ1v) is 11.5. The summed E-state index contributed by atoms with van der Waals surface area (Å²) in [5, 5.41) is 3.81. The minimum Gasteiger partial charge on any atom is -0.497 e. The zero-order valence-corrected chi connectivity index (χ0v) is 19.4. The van der Waals surface area contributed by atoms with Crippen molar-refractivity contribution < 1.29 is 14.3 Å². The molecule has 0 bridgehead atoms. The fraction of sp³-hybridized carbons (Fsp3) is 0.192. The van der Waals surface area contributed by atoms with Crippen LogP contribution in [0.25, 0.3) is 0 Å². The maximum absolute atomic E-state index is 12.5. The van der Waals surface area contributed by atoms with Gasteiger partial charge in [-0.1, -0.05) is 36.4 Å². The maximum Gasteiger partial charge on any atom is 0.230 e. The molecule has 1 aliphatic heterocycles. The Morgan fingerprint density at radius 1 is 0.909 bits per heavy atom. The molecule has 1 amide bonds. The van der Waals surface area contributed by atoms with Crippen molar-refractivity contribution >= 4 is 39.8 Å².